The predicted molar refractivity (Wildman–Crippen MR) is 96.7 cm³/mol. The van der Waals surface area contributed by atoms with E-state index >= 15 is 0 Å². The zero-order valence-corrected chi connectivity index (χ0v) is 14.7. The molecule has 1 amide bonds. The zero-order valence-electron chi connectivity index (χ0n) is 14.7. The van der Waals surface area contributed by atoms with E-state index in [1.807, 2.05) is 55.5 Å². The van der Waals surface area contributed by atoms with Gasteiger partial charge >= 0.3 is 0 Å². The highest BCUT2D eigenvalue weighted by atomic mass is 16.5. The van der Waals surface area contributed by atoms with Gasteiger partial charge in [-0.05, 0) is 36.8 Å². The van der Waals surface area contributed by atoms with Crippen LogP contribution in [0.15, 0.2) is 54.7 Å². The van der Waals surface area contributed by atoms with E-state index in [1.54, 1.807) is 18.0 Å². The van der Waals surface area contributed by atoms with Crippen LogP contribution >= 0.6 is 0 Å². The maximum atomic E-state index is 12.3. The van der Waals surface area contributed by atoms with Crippen molar-refractivity contribution in [3.05, 3.63) is 66.0 Å². The van der Waals surface area contributed by atoms with Crippen molar-refractivity contribution in [3.63, 3.8) is 0 Å². The number of aromatic nitrogens is 3. The van der Waals surface area contributed by atoms with Gasteiger partial charge in [0.1, 0.15) is 0 Å². The van der Waals surface area contributed by atoms with Crippen molar-refractivity contribution in [2.24, 2.45) is 0 Å². The second-order valence-corrected chi connectivity index (χ2v) is 5.48. The molecule has 3 aromatic rings. The summed E-state index contributed by atoms with van der Waals surface area (Å²) in [4.78, 5) is 12.3. The van der Waals surface area contributed by atoms with E-state index in [-0.39, 0.29) is 11.6 Å². The lowest BCUT2D eigenvalue weighted by molar-refractivity contribution is 0.0946. The molecule has 2 aromatic carbocycles. The van der Waals surface area contributed by atoms with Crippen LogP contribution in [0, 0.1) is 0 Å². The van der Waals surface area contributed by atoms with E-state index < -0.39 is 0 Å². The van der Waals surface area contributed by atoms with Crippen LogP contribution in [0.5, 0.6) is 11.5 Å². The third kappa shape index (κ3) is 4.00. The Morgan fingerprint density at radius 2 is 1.96 bits per heavy atom. The number of rotatable bonds is 7. The summed E-state index contributed by atoms with van der Waals surface area (Å²) in [6, 6.07) is 15.0. The van der Waals surface area contributed by atoms with E-state index in [1.165, 1.54) is 0 Å². The first-order valence-corrected chi connectivity index (χ1v) is 8.27. The van der Waals surface area contributed by atoms with Crippen molar-refractivity contribution in [1.29, 1.82) is 0 Å². The molecule has 0 radical (unpaired) electrons. The van der Waals surface area contributed by atoms with Gasteiger partial charge < -0.3 is 14.8 Å². The zero-order chi connectivity index (χ0) is 18.4. The van der Waals surface area contributed by atoms with Gasteiger partial charge in [-0.2, -0.15) is 0 Å². The van der Waals surface area contributed by atoms with Gasteiger partial charge in [-0.15, -0.1) is 5.10 Å². The van der Waals surface area contributed by atoms with E-state index in [9.17, 15) is 4.79 Å². The molecule has 0 spiro atoms. The largest absolute Gasteiger partial charge is 0.493 e. The van der Waals surface area contributed by atoms with Crippen LogP contribution in [0.2, 0.25) is 0 Å². The van der Waals surface area contributed by atoms with Gasteiger partial charge in [0.25, 0.3) is 5.91 Å². The maximum absolute atomic E-state index is 12.3. The average Bonchev–Trinajstić information content (AvgIpc) is 3.18. The van der Waals surface area contributed by atoms with Crippen LogP contribution in [0.1, 0.15) is 23.0 Å². The Bertz CT molecular complexity index is 878. The fourth-order valence-corrected chi connectivity index (χ4v) is 2.44. The number of hydrogen-bond acceptors (Lipinski definition) is 5. The highest BCUT2D eigenvalue weighted by Crippen LogP contribution is 2.27. The number of carbonyl (C=O) groups excluding carboxylic acids is 1. The fourth-order valence-electron chi connectivity index (χ4n) is 2.44. The average molecular weight is 352 g/mol. The van der Waals surface area contributed by atoms with Crippen molar-refractivity contribution in [1.82, 2.24) is 20.3 Å². The molecule has 7 nitrogen and oxygen atoms in total. The Morgan fingerprint density at radius 3 is 2.69 bits per heavy atom. The molecule has 0 atom stereocenters. The number of carbonyl (C=O) groups is 1. The molecule has 0 saturated carbocycles. The number of nitrogens with one attached hydrogen (secondary N) is 1. The van der Waals surface area contributed by atoms with Crippen molar-refractivity contribution in [2.75, 3.05) is 13.7 Å². The van der Waals surface area contributed by atoms with Crippen LogP contribution in [-0.4, -0.2) is 34.6 Å². The summed E-state index contributed by atoms with van der Waals surface area (Å²) < 4.78 is 12.4. The van der Waals surface area contributed by atoms with Crippen LogP contribution in [0.4, 0.5) is 0 Å². The van der Waals surface area contributed by atoms with Gasteiger partial charge in [-0.1, -0.05) is 29.5 Å². The molecule has 3 rings (SSSR count). The lowest BCUT2D eigenvalue weighted by Gasteiger charge is -2.11. The quantitative estimate of drug-likeness (QED) is 0.707. The molecule has 0 aliphatic carbocycles. The minimum Gasteiger partial charge on any atom is -0.493 e. The van der Waals surface area contributed by atoms with Gasteiger partial charge in [0, 0.05) is 6.54 Å². The second-order valence-electron chi connectivity index (χ2n) is 5.48. The molecule has 7 heteroatoms. The fraction of sp³-hybridized carbons (Fsp3) is 0.211. The molecule has 0 bridgehead atoms. The summed E-state index contributed by atoms with van der Waals surface area (Å²) in [5, 5.41) is 10.8. The summed E-state index contributed by atoms with van der Waals surface area (Å²) >= 11 is 0. The molecule has 26 heavy (non-hydrogen) atoms. The standard InChI is InChI=1S/C19H20N4O3/c1-3-26-17-10-9-14(11-18(17)25-2)12-20-19(24)16-13-23(22-21-16)15-7-5-4-6-8-15/h4-11,13H,3,12H2,1-2H3,(H,20,24). The van der Waals surface area contributed by atoms with Crippen LogP contribution < -0.4 is 14.8 Å². The molecule has 0 aliphatic rings. The van der Waals surface area contributed by atoms with E-state index in [0.717, 1.165) is 11.3 Å². The van der Waals surface area contributed by atoms with E-state index in [0.29, 0.717) is 24.7 Å². The van der Waals surface area contributed by atoms with Gasteiger partial charge in [0.15, 0.2) is 17.2 Å². The Morgan fingerprint density at radius 1 is 1.15 bits per heavy atom. The SMILES string of the molecule is CCOc1ccc(CNC(=O)c2cn(-c3ccccc3)nn2)cc1OC. The first kappa shape index (κ1) is 17.5. The Balaban J connectivity index is 1.65. The van der Waals surface area contributed by atoms with Gasteiger partial charge in [-0.25, -0.2) is 4.68 Å². The Labute approximate surface area is 151 Å². The predicted octanol–water partition coefficient (Wildman–Crippen LogP) is 2.60. The molecular formula is C19H20N4O3. The van der Waals surface area contributed by atoms with Crippen molar-refractivity contribution in [3.8, 4) is 17.2 Å². The smallest absolute Gasteiger partial charge is 0.273 e. The minimum absolute atomic E-state index is 0.256. The first-order valence-electron chi connectivity index (χ1n) is 8.27. The highest BCUT2D eigenvalue weighted by molar-refractivity contribution is 5.91. The van der Waals surface area contributed by atoms with Crippen LogP contribution in [0.3, 0.4) is 0 Å². The van der Waals surface area contributed by atoms with Crippen LogP contribution in [0.25, 0.3) is 5.69 Å². The Hall–Kier alpha value is -3.35. The monoisotopic (exact) mass is 352 g/mol. The van der Waals surface area contributed by atoms with Crippen molar-refractivity contribution >= 4 is 5.91 Å². The van der Waals surface area contributed by atoms with Crippen LogP contribution in [-0.2, 0) is 6.54 Å². The summed E-state index contributed by atoms with van der Waals surface area (Å²) in [7, 11) is 1.59. The van der Waals surface area contributed by atoms with Crippen molar-refractivity contribution in [2.45, 2.75) is 13.5 Å². The van der Waals surface area contributed by atoms with Gasteiger partial charge in [-0.3, -0.25) is 4.79 Å². The third-order valence-corrected chi connectivity index (χ3v) is 3.73. The summed E-state index contributed by atoms with van der Waals surface area (Å²) in [5.74, 6) is 1.02. The number of nitrogens with zero attached hydrogens (tertiary/aromatic N) is 3. The van der Waals surface area contributed by atoms with E-state index in [4.69, 9.17) is 9.47 Å². The summed E-state index contributed by atoms with van der Waals surface area (Å²) in [6.07, 6.45) is 1.60. The lowest BCUT2D eigenvalue weighted by atomic mass is 10.2. The highest BCUT2D eigenvalue weighted by Gasteiger charge is 2.12. The third-order valence-electron chi connectivity index (χ3n) is 3.73. The molecular weight excluding hydrogens is 332 g/mol. The minimum atomic E-state index is -0.292. The van der Waals surface area contributed by atoms with Gasteiger partial charge in [0.05, 0.1) is 25.6 Å². The number of ether oxygens (including phenoxy) is 2. The second kappa shape index (κ2) is 8.15. The topological polar surface area (TPSA) is 78.3 Å². The summed E-state index contributed by atoms with van der Waals surface area (Å²) in [6.45, 7) is 2.82. The number of methoxy groups -OCH3 is 1. The first-order chi connectivity index (χ1) is 12.7. The maximum Gasteiger partial charge on any atom is 0.273 e. The molecule has 1 aromatic heterocycles. The lowest BCUT2D eigenvalue weighted by Crippen LogP contribution is -2.23. The molecule has 1 N–H and O–H groups in total. The summed E-state index contributed by atoms with van der Waals surface area (Å²) in [5.41, 5.74) is 2.00. The molecule has 0 fully saturated rings. The number of amides is 1. The number of hydrogen-bond donors (Lipinski definition) is 1. The van der Waals surface area contributed by atoms with Crippen molar-refractivity contribution < 1.29 is 14.3 Å². The molecule has 0 saturated heterocycles. The molecule has 1 heterocycles. The number of para-hydroxylation sites is 1. The number of benzene rings is 2. The van der Waals surface area contributed by atoms with Gasteiger partial charge in [0.2, 0.25) is 0 Å². The molecule has 0 unspecified atom stereocenters. The molecule has 134 valence electrons. The Kier molecular flexibility index (Phi) is 5.48. The molecule has 0 aliphatic heterocycles. The van der Waals surface area contributed by atoms with E-state index in [2.05, 4.69) is 15.6 Å². The normalized spacial score (nSPS) is 10.4.